The molecule has 0 aromatic heterocycles. The quantitative estimate of drug-likeness (QED) is 0.457. The molecule has 2 heterocycles. The van der Waals surface area contributed by atoms with E-state index in [2.05, 4.69) is 70.3 Å². The molecule has 8 heteroatoms. The third kappa shape index (κ3) is 3.91. The van der Waals surface area contributed by atoms with Crippen LogP contribution < -0.4 is 0 Å². The summed E-state index contributed by atoms with van der Waals surface area (Å²) in [5.74, 6) is 9.40. The first-order valence-electron chi connectivity index (χ1n) is 4.83. The van der Waals surface area contributed by atoms with Crippen molar-refractivity contribution in [2.24, 2.45) is 0 Å². The molecule has 2 rings (SSSR count). The van der Waals surface area contributed by atoms with E-state index in [1.807, 2.05) is 0 Å². The number of hydrogen-bond acceptors (Lipinski definition) is 4. The van der Waals surface area contributed by atoms with Gasteiger partial charge in [-0.15, -0.1) is 0 Å². The molecular weight excluding hydrogens is 564 g/mol. The second kappa shape index (κ2) is 8.36. The van der Waals surface area contributed by atoms with E-state index in [0.29, 0.717) is 59.8 Å². The van der Waals surface area contributed by atoms with Gasteiger partial charge in [0.05, 0.1) is 0 Å². The maximum atomic E-state index is 2.35. The summed E-state index contributed by atoms with van der Waals surface area (Å²) in [7, 11) is 0. The fourth-order valence-electron chi connectivity index (χ4n) is 1.21. The number of hydrogen-bond donors (Lipinski definition) is 0. The van der Waals surface area contributed by atoms with Gasteiger partial charge >= 0.3 is 154 Å². The molecule has 0 fully saturated rings. The molecule has 100 valence electrons. The van der Waals surface area contributed by atoms with Gasteiger partial charge in [-0.3, -0.25) is 0 Å². The van der Waals surface area contributed by atoms with Crippen molar-refractivity contribution >= 4 is 107 Å². The molecule has 0 radical (unpaired) electrons. The van der Waals surface area contributed by atoms with Crippen molar-refractivity contribution in [2.45, 2.75) is 23.3 Å². The summed E-state index contributed by atoms with van der Waals surface area (Å²) in [6.45, 7) is 0. The molecule has 0 aromatic rings. The molecule has 0 atom stereocenters. The van der Waals surface area contributed by atoms with E-state index >= 15 is 0 Å². The van der Waals surface area contributed by atoms with Crippen LogP contribution in [0.3, 0.4) is 0 Å². The van der Waals surface area contributed by atoms with Gasteiger partial charge in [-0.1, -0.05) is 0 Å². The Kier molecular flexibility index (Phi) is 7.92. The zero-order valence-corrected chi connectivity index (χ0v) is 20.4. The van der Waals surface area contributed by atoms with Crippen LogP contribution in [0.4, 0.5) is 0 Å². The van der Waals surface area contributed by atoms with Crippen LogP contribution in [0.25, 0.3) is 0 Å². The van der Waals surface area contributed by atoms with Gasteiger partial charge in [-0.05, 0) is 0 Å². The van der Waals surface area contributed by atoms with Crippen LogP contribution in [0.5, 0.6) is 0 Å². The normalized spacial score (nSPS) is 20.7. The molecule has 0 aliphatic carbocycles. The van der Waals surface area contributed by atoms with Crippen LogP contribution in [0.2, 0.25) is 23.3 Å². The Hall–Kier alpha value is 2.70. The summed E-state index contributed by atoms with van der Waals surface area (Å²) in [4.78, 5) is 0. The maximum absolute atomic E-state index is 2.35. The van der Waals surface area contributed by atoms with Crippen molar-refractivity contribution < 1.29 is 0 Å². The average molecular weight is 576 g/mol. The van der Waals surface area contributed by atoms with E-state index in [-0.39, 0.29) is 0 Å². The molecule has 0 aromatic carbocycles. The van der Waals surface area contributed by atoms with Crippen molar-refractivity contribution in [3.05, 3.63) is 23.7 Å². The summed E-state index contributed by atoms with van der Waals surface area (Å²) in [6.07, 6.45) is 0. The van der Waals surface area contributed by atoms with Gasteiger partial charge in [0, 0.05) is 0 Å². The van der Waals surface area contributed by atoms with Gasteiger partial charge in [-0.2, -0.15) is 0 Å². The molecule has 0 bridgehead atoms. The summed E-state index contributed by atoms with van der Waals surface area (Å²) in [5, 5.41) is 0. The van der Waals surface area contributed by atoms with E-state index in [9.17, 15) is 0 Å². The fraction of sp³-hybridized carbons (Fsp3) is 0.400. The second-order valence-electron chi connectivity index (χ2n) is 2.95. The Balaban J connectivity index is 2.14. The monoisotopic (exact) mass is 580 g/mol. The van der Waals surface area contributed by atoms with Gasteiger partial charge < -0.3 is 0 Å². The van der Waals surface area contributed by atoms with Crippen molar-refractivity contribution in [2.75, 3.05) is 0 Å². The summed E-state index contributed by atoms with van der Waals surface area (Å²) < 4.78 is 9.94. The molecule has 2 aliphatic heterocycles. The molecule has 0 N–H and O–H groups in total. The van der Waals surface area contributed by atoms with Crippen LogP contribution in [0.1, 0.15) is 0 Å². The summed E-state index contributed by atoms with van der Waals surface area (Å²) in [6, 6.07) is 0. The minimum absolute atomic E-state index is 0.670. The molecule has 0 saturated carbocycles. The van der Waals surface area contributed by atoms with Crippen LogP contribution in [0, 0.1) is 0 Å². The van der Waals surface area contributed by atoms with Crippen molar-refractivity contribution in [3.63, 3.8) is 0 Å². The minimum atomic E-state index is 0.670. The fourth-order valence-corrected chi connectivity index (χ4v) is 19.2. The zero-order chi connectivity index (χ0) is 13.1. The predicted molar refractivity (Wildman–Crippen MR) is 97.9 cm³/mol. The van der Waals surface area contributed by atoms with Gasteiger partial charge in [0.25, 0.3) is 0 Å². The Bertz CT molecular complexity index is 365. The Morgan fingerprint density at radius 3 is 0.889 bits per heavy atom. The van der Waals surface area contributed by atoms with Crippen LogP contribution in [-0.4, -0.2) is 59.8 Å². The Morgan fingerprint density at radius 1 is 0.500 bits per heavy atom. The van der Waals surface area contributed by atoms with E-state index in [1.165, 1.54) is 0 Å². The SMILES string of the molecule is C[Se]C1=C([Se]C)SC(=C2SC([Se]C)=C([Se]C)S2)S1. The van der Waals surface area contributed by atoms with E-state index in [4.69, 9.17) is 0 Å². The van der Waals surface area contributed by atoms with Gasteiger partial charge in [0.15, 0.2) is 0 Å². The third-order valence-corrected chi connectivity index (χ3v) is 19.7. The summed E-state index contributed by atoms with van der Waals surface area (Å²) in [5.41, 5.74) is 0. The van der Waals surface area contributed by atoms with E-state index < -0.39 is 0 Å². The number of thioether (sulfide) groups is 4. The van der Waals surface area contributed by atoms with E-state index in [0.717, 1.165) is 0 Å². The molecule has 2 aliphatic rings. The molecule has 0 saturated heterocycles. The Labute approximate surface area is 152 Å². The molecule has 0 spiro atoms. The average Bonchev–Trinajstić information content (AvgIpc) is 3.01. The predicted octanol–water partition coefficient (Wildman–Crippen LogP) is 4.34. The standard InChI is InChI=1S/C10H12S4Se4/c1-15-7-8(16-2)12-5(11-7)6-13-9(17-3)10(14-6)18-4/h1-4H3. The summed E-state index contributed by atoms with van der Waals surface area (Å²) >= 11 is 11.0. The number of rotatable bonds is 4. The van der Waals surface area contributed by atoms with Crippen molar-refractivity contribution in [3.8, 4) is 0 Å². The van der Waals surface area contributed by atoms with Crippen LogP contribution in [-0.2, 0) is 0 Å². The van der Waals surface area contributed by atoms with Crippen LogP contribution in [0.15, 0.2) is 23.7 Å². The van der Waals surface area contributed by atoms with Gasteiger partial charge in [0.1, 0.15) is 0 Å². The molecular formula is C10H12S4Se4. The molecule has 0 nitrogen and oxygen atoms in total. The second-order valence-corrected chi connectivity index (χ2v) is 16.7. The third-order valence-electron chi connectivity index (χ3n) is 1.98. The first kappa shape index (κ1) is 17.1. The molecule has 0 unspecified atom stereocenters. The first-order chi connectivity index (χ1) is 8.73. The van der Waals surface area contributed by atoms with Crippen LogP contribution >= 0.6 is 47.0 Å². The topological polar surface area (TPSA) is 0 Å². The first-order valence-corrected chi connectivity index (χ1v) is 18.4. The molecule has 18 heavy (non-hydrogen) atoms. The zero-order valence-electron chi connectivity index (χ0n) is 10.3. The van der Waals surface area contributed by atoms with Gasteiger partial charge in [-0.25, -0.2) is 0 Å². The molecule has 0 amide bonds. The van der Waals surface area contributed by atoms with E-state index in [1.54, 1.807) is 23.7 Å². The van der Waals surface area contributed by atoms with Gasteiger partial charge in [0.2, 0.25) is 0 Å². The Morgan fingerprint density at radius 2 is 0.722 bits per heavy atom. The van der Waals surface area contributed by atoms with Crippen molar-refractivity contribution in [1.29, 1.82) is 0 Å². The van der Waals surface area contributed by atoms with Crippen molar-refractivity contribution in [1.82, 2.24) is 0 Å².